The van der Waals surface area contributed by atoms with E-state index in [1.54, 1.807) is 0 Å². The van der Waals surface area contributed by atoms with E-state index in [9.17, 15) is 4.79 Å². The van der Waals surface area contributed by atoms with E-state index >= 15 is 0 Å². The Hall–Kier alpha value is -4.49. The molecule has 2 aromatic heterocycles. The molecule has 0 saturated carbocycles. The minimum atomic E-state index is -0.0229. The molecule has 0 atom stereocenters. The standard InChI is InChI=1S/C32H29N5OS/c1-35(2)25-14-16-26(17-15-25)36-19-8-11-27(36)21-30-31(38)37(32(39-30)34-24-9-4-3-5-10-24)20-18-23-22-33-29-13-7-6-12-28(23)29/h3-17,19,21-22,33H,18,20H2,1-2H3/b30-21+,34-32?. The normalized spacial score (nSPS) is 15.6. The Morgan fingerprint density at radius 1 is 0.923 bits per heavy atom. The summed E-state index contributed by atoms with van der Waals surface area (Å²) in [4.78, 5) is 26.5. The zero-order valence-electron chi connectivity index (χ0n) is 21.9. The van der Waals surface area contributed by atoms with E-state index in [2.05, 4.69) is 50.8 Å². The maximum Gasteiger partial charge on any atom is 0.266 e. The van der Waals surface area contributed by atoms with E-state index in [1.807, 2.05) is 92.1 Å². The highest BCUT2D eigenvalue weighted by Crippen LogP contribution is 2.35. The molecule has 194 valence electrons. The molecule has 6 rings (SSSR count). The summed E-state index contributed by atoms with van der Waals surface area (Å²) in [5, 5.41) is 1.89. The van der Waals surface area contributed by atoms with Crippen molar-refractivity contribution >= 4 is 51.2 Å². The van der Waals surface area contributed by atoms with Crippen molar-refractivity contribution < 1.29 is 4.79 Å². The first-order valence-corrected chi connectivity index (χ1v) is 13.7. The number of nitrogens with one attached hydrogen (secondary N) is 1. The monoisotopic (exact) mass is 531 g/mol. The molecule has 0 bridgehead atoms. The lowest BCUT2D eigenvalue weighted by atomic mass is 10.1. The molecule has 1 N–H and O–H groups in total. The Balaban J connectivity index is 1.31. The van der Waals surface area contributed by atoms with Gasteiger partial charge in [-0.15, -0.1) is 0 Å². The van der Waals surface area contributed by atoms with Gasteiger partial charge in [0.2, 0.25) is 0 Å². The van der Waals surface area contributed by atoms with E-state index in [0.29, 0.717) is 16.6 Å². The van der Waals surface area contributed by atoms with Crippen LogP contribution in [0.5, 0.6) is 0 Å². The van der Waals surface area contributed by atoms with Crippen molar-refractivity contribution in [2.45, 2.75) is 6.42 Å². The SMILES string of the molecule is CN(C)c1ccc(-n2cccc2/C=C2/SC(=Nc3ccccc3)N(CCc3c[nH]c4ccccc34)C2=O)cc1. The molecule has 0 unspecified atom stereocenters. The predicted molar refractivity (Wildman–Crippen MR) is 163 cm³/mol. The Bertz CT molecular complexity index is 1680. The Labute approximate surface area is 232 Å². The van der Waals surface area contributed by atoms with Gasteiger partial charge in [0, 0.05) is 61.0 Å². The second kappa shape index (κ2) is 10.7. The quantitative estimate of drug-likeness (QED) is 0.233. The average Bonchev–Trinajstić information content (AvgIpc) is 3.67. The molecule has 1 aliphatic heterocycles. The molecular formula is C32H29N5OS. The molecule has 1 saturated heterocycles. The van der Waals surface area contributed by atoms with Gasteiger partial charge in [0.05, 0.1) is 10.6 Å². The number of carbonyl (C=O) groups excluding carboxylic acids is 1. The van der Waals surface area contributed by atoms with Crippen LogP contribution in [0.4, 0.5) is 11.4 Å². The Morgan fingerprint density at radius 2 is 1.69 bits per heavy atom. The largest absolute Gasteiger partial charge is 0.378 e. The van der Waals surface area contributed by atoms with E-state index < -0.39 is 0 Å². The van der Waals surface area contributed by atoms with Gasteiger partial charge in [-0.05, 0) is 84.4 Å². The van der Waals surface area contributed by atoms with E-state index in [-0.39, 0.29) is 5.91 Å². The van der Waals surface area contributed by atoms with Crippen molar-refractivity contribution in [3.8, 4) is 5.69 Å². The number of benzene rings is 3. The van der Waals surface area contributed by atoms with Gasteiger partial charge in [-0.2, -0.15) is 0 Å². The first-order chi connectivity index (χ1) is 19.1. The lowest BCUT2D eigenvalue weighted by Crippen LogP contribution is -2.31. The minimum Gasteiger partial charge on any atom is -0.378 e. The molecule has 1 fully saturated rings. The fraction of sp³-hybridized carbons (Fsp3) is 0.125. The van der Waals surface area contributed by atoms with Crippen molar-refractivity contribution in [3.05, 3.63) is 120 Å². The highest BCUT2D eigenvalue weighted by Gasteiger charge is 2.33. The van der Waals surface area contributed by atoms with Crippen LogP contribution < -0.4 is 4.90 Å². The zero-order valence-corrected chi connectivity index (χ0v) is 22.7. The van der Waals surface area contributed by atoms with Crippen LogP contribution in [0.25, 0.3) is 22.7 Å². The molecule has 6 nitrogen and oxygen atoms in total. The van der Waals surface area contributed by atoms with Crippen molar-refractivity contribution in [1.82, 2.24) is 14.5 Å². The lowest BCUT2D eigenvalue weighted by Gasteiger charge is -2.15. The Kier molecular flexibility index (Phi) is 6.82. The van der Waals surface area contributed by atoms with Crippen LogP contribution in [0.1, 0.15) is 11.3 Å². The summed E-state index contributed by atoms with van der Waals surface area (Å²) in [6.07, 6.45) is 6.76. The number of aliphatic imine (C=N–C) groups is 1. The summed E-state index contributed by atoms with van der Waals surface area (Å²) in [7, 11) is 4.06. The van der Waals surface area contributed by atoms with E-state index in [4.69, 9.17) is 4.99 Å². The van der Waals surface area contributed by atoms with Gasteiger partial charge < -0.3 is 14.5 Å². The van der Waals surface area contributed by atoms with Gasteiger partial charge in [0.15, 0.2) is 5.17 Å². The molecule has 39 heavy (non-hydrogen) atoms. The van der Waals surface area contributed by atoms with Crippen LogP contribution in [-0.4, -0.2) is 46.2 Å². The first kappa shape index (κ1) is 24.8. The van der Waals surface area contributed by atoms with Gasteiger partial charge >= 0.3 is 0 Å². The summed E-state index contributed by atoms with van der Waals surface area (Å²) in [6, 6.07) is 30.5. The number of hydrogen-bond acceptors (Lipinski definition) is 4. The molecule has 1 aliphatic rings. The van der Waals surface area contributed by atoms with Gasteiger partial charge in [0.25, 0.3) is 5.91 Å². The highest BCUT2D eigenvalue weighted by molar-refractivity contribution is 8.18. The number of thioether (sulfide) groups is 1. The number of hydrogen-bond donors (Lipinski definition) is 1. The summed E-state index contributed by atoms with van der Waals surface area (Å²) in [5.74, 6) is -0.0229. The number of aromatic nitrogens is 2. The van der Waals surface area contributed by atoms with Gasteiger partial charge in [0.1, 0.15) is 0 Å². The van der Waals surface area contributed by atoms with Gasteiger partial charge in [-0.1, -0.05) is 36.4 Å². The third-order valence-corrected chi connectivity index (χ3v) is 7.86. The molecule has 3 aromatic carbocycles. The van der Waals surface area contributed by atoms with Crippen molar-refractivity contribution in [3.63, 3.8) is 0 Å². The van der Waals surface area contributed by atoms with E-state index in [0.717, 1.165) is 34.7 Å². The van der Waals surface area contributed by atoms with Crippen LogP contribution >= 0.6 is 11.8 Å². The topological polar surface area (TPSA) is 56.6 Å². The molecule has 0 spiro atoms. The fourth-order valence-corrected chi connectivity index (χ4v) is 5.77. The number of amidine groups is 1. The molecule has 0 radical (unpaired) electrons. The first-order valence-electron chi connectivity index (χ1n) is 12.9. The molecule has 7 heteroatoms. The molecular weight excluding hydrogens is 502 g/mol. The maximum absolute atomic E-state index is 13.8. The average molecular weight is 532 g/mol. The number of fused-ring (bicyclic) bond motifs is 1. The van der Waals surface area contributed by atoms with Crippen LogP contribution in [0.3, 0.4) is 0 Å². The predicted octanol–water partition coefficient (Wildman–Crippen LogP) is 6.87. The smallest absolute Gasteiger partial charge is 0.266 e. The zero-order chi connectivity index (χ0) is 26.8. The molecule has 0 aliphatic carbocycles. The number of amides is 1. The number of nitrogens with zero attached hydrogens (tertiary/aromatic N) is 4. The van der Waals surface area contributed by atoms with E-state index in [1.165, 1.54) is 22.7 Å². The molecule has 1 amide bonds. The van der Waals surface area contributed by atoms with Gasteiger partial charge in [-0.25, -0.2) is 4.99 Å². The lowest BCUT2D eigenvalue weighted by molar-refractivity contribution is -0.122. The van der Waals surface area contributed by atoms with Gasteiger partial charge in [-0.3, -0.25) is 9.69 Å². The van der Waals surface area contributed by atoms with Crippen LogP contribution in [-0.2, 0) is 11.2 Å². The third kappa shape index (κ3) is 5.13. The fourth-order valence-electron chi connectivity index (χ4n) is 4.76. The number of aromatic amines is 1. The summed E-state index contributed by atoms with van der Waals surface area (Å²) >= 11 is 1.43. The summed E-state index contributed by atoms with van der Waals surface area (Å²) in [6.45, 7) is 0.545. The number of rotatable bonds is 7. The maximum atomic E-state index is 13.8. The second-order valence-electron chi connectivity index (χ2n) is 9.62. The summed E-state index contributed by atoms with van der Waals surface area (Å²) < 4.78 is 2.10. The van der Waals surface area contributed by atoms with Crippen molar-refractivity contribution in [1.29, 1.82) is 0 Å². The minimum absolute atomic E-state index is 0.0229. The molecule has 5 aromatic rings. The number of anilines is 1. The van der Waals surface area contributed by atoms with Crippen molar-refractivity contribution in [2.75, 3.05) is 25.5 Å². The number of carbonyl (C=O) groups is 1. The third-order valence-electron chi connectivity index (χ3n) is 6.85. The number of para-hydroxylation sites is 2. The number of H-pyrrole nitrogens is 1. The van der Waals surface area contributed by atoms with Crippen LogP contribution in [0.2, 0.25) is 0 Å². The second-order valence-corrected chi connectivity index (χ2v) is 10.6. The molecule has 3 heterocycles. The van der Waals surface area contributed by atoms with Crippen LogP contribution in [0.15, 0.2) is 113 Å². The van der Waals surface area contributed by atoms with Crippen molar-refractivity contribution in [2.24, 2.45) is 4.99 Å². The van der Waals surface area contributed by atoms with Crippen LogP contribution in [0, 0.1) is 0 Å². The Morgan fingerprint density at radius 3 is 2.49 bits per heavy atom. The highest BCUT2D eigenvalue weighted by atomic mass is 32.2. The summed E-state index contributed by atoms with van der Waals surface area (Å²) in [5.41, 5.74) is 6.25.